The van der Waals surface area contributed by atoms with E-state index in [0.29, 0.717) is 18.8 Å². The minimum atomic E-state index is -1.04. The van der Waals surface area contributed by atoms with Crippen molar-refractivity contribution >= 4 is 18.0 Å². The molecule has 2 unspecified atom stereocenters. The molecule has 7 nitrogen and oxygen atoms in total. The Morgan fingerprint density at radius 3 is 2.17 bits per heavy atom. The summed E-state index contributed by atoms with van der Waals surface area (Å²) in [6.07, 6.45) is 2.81. The summed E-state index contributed by atoms with van der Waals surface area (Å²) in [4.78, 5) is 37.1. The van der Waals surface area contributed by atoms with E-state index in [1.807, 2.05) is 38.1 Å². The van der Waals surface area contributed by atoms with Crippen molar-refractivity contribution < 1.29 is 24.2 Å². The number of ether oxygens (including phenoxy) is 1. The molecule has 4 rings (SSSR count). The third-order valence-electron chi connectivity index (χ3n) is 7.30. The Bertz CT molecular complexity index is 1040. The van der Waals surface area contributed by atoms with Gasteiger partial charge in [-0.3, -0.25) is 4.79 Å². The van der Waals surface area contributed by atoms with E-state index in [1.165, 1.54) is 0 Å². The van der Waals surface area contributed by atoms with Crippen molar-refractivity contribution in [3.8, 4) is 11.1 Å². The van der Waals surface area contributed by atoms with E-state index in [0.717, 1.165) is 35.1 Å². The van der Waals surface area contributed by atoms with Crippen molar-refractivity contribution in [3.63, 3.8) is 0 Å². The normalized spacial score (nSPS) is 17.0. The summed E-state index contributed by atoms with van der Waals surface area (Å²) >= 11 is 0. The summed E-state index contributed by atoms with van der Waals surface area (Å²) in [5.74, 6) is -1.64. The van der Waals surface area contributed by atoms with E-state index in [9.17, 15) is 19.5 Å². The molecule has 0 aromatic heterocycles. The Morgan fingerprint density at radius 1 is 1.03 bits per heavy atom. The molecule has 0 heterocycles. The van der Waals surface area contributed by atoms with E-state index in [-0.39, 0.29) is 30.9 Å². The molecule has 3 atom stereocenters. The van der Waals surface area contributed by atoms with Gasteiger partial charge in [0.2, 0.25) is 5.91 Å². The summed E-state index contributed by atoms with van der Waals surface area (Å²) < 4.78 is 5.59. The number of hydrogen-bond donors (Lipinski definition) is 3. The number of benzene rings is 2. The molecule has 35 heavy (non-hydrogen) atoms. The highest BCUT2D eigenvalue weighted by atomic mass is 16.5. The molecule has 3 N–H and O–H groups in total. The number of carbonyl (C=O) groups excluding carboxylic acids is 2. The minimum Gasteiger partial charge on any atom is -0.480 e. The van der Waals surface area contributed by atoms with Gasteiger partial charge in [0.25, 0.3) is 0 Å². The summed E-state index contributed by atoms with van der Waals surface area (Å²) in [6, 6.07) is 15.3. The van der Waals surface area contributed by atoms with Crippen LogP contribution in [0.15, 0.2) is 48.5 Å². The SMILES string of the molecule is CCC(C)[C@H](NC(=O)C(CNC(=O)OCC1c2ccccc2-c2ccccc21)CC1CC1)C(=O)O. The van der Waals surface area contributed by atoms with Crippen molar-refractivity contribution in [3.05, 3.63) is 59.7 Å². The van der Waals surface area contributed by atoms with Gasteiger partial charge in [-0.15, -0.1) is 0 Å². The molecule has 1 saturated carbocycles. The Hall–Kier alpha value is -3.35. The van der Waals surface area contributed by atoms with Crippen LogP contribution in [0.5, 0.6) is 0 Å². The van der Waals surface area contributed by atoms with E-state index in [1.54, 1.807) is 0 Å². The fraction of sp³-hybridized carbons (Fsp3) is 0.464. The van der Waals surface area contributed by atoms with Crippen LogP contribution in [0.3, 0.4) is 0 Å². The van der Waals surface area contributed by atoms with Crippen LogP contribution in [-0.2, 0) is 14.3 Å². The van der Waals surface area contributed by atoms with Crippen LogP contribution < -0.4 is 10.6 Å². The van der Waals surface area contributed by atoms with Crippen molar-refractivity contribution in [2.45, 2.75) is 51.5 Å². The molecule has 0 saturated heterocycles. The van der Waals surface area contributed by atoms with Crippen LogP contribution in [0.25, 0.3) is 11.1 Å². The lowest BCUT2D eigenvalue weighted by Crippen LogP contribution is -2.49. The van der Waals surface area contributed by atoms with Gasteiger partial charge in [-0.05, 0) is 40.5 Å². The lowest BCUT2D eigenvalue weighted by molar-refractivity contribution is -0.144. The van der Waals surface area contributed by atoms with E-state index < -0.39 is 24.0 Å². The maximum atomic E-state index is 12.9. The van der Waals surface area contributed by atoms with Gasteiger partial charge >= 0.3 is 12.1 Å². The van der Waals surface area contributed by atoms with Gasteiger partial charge in [-0.25, -0.2) is 9.59 Å². The van der Waals surface area contributed by atoms with E-state index in [2.05, 4.69) is 34.9 Å². The second kappa shape index (κ2) is 10.9. The zero-order chi connectivity index (χ0) is 24.9. The molecule has 2 aliphatic rings. The van der Waals surface area contributed by atoms with Crippen LogP contribution in [0.1, 0.15) is 56.6 Å². The first-order valence-corrected chi connectivity index (χ1v) is 12.5. The molecule has 0 radical (unpaired) electrons. The topological polar surface area (TPSA) is 105 Å². The van der Waals surface area contributed by atoms with Crippen molar-refractivity contribution in [2.24, 2.45) is 17.8 Å². The molecular weight excluding hydrogens is 444 g/mol. The third-order valence-corrected chi connectivity index (χ3v) is 7.30. The summed E-state index contributed by atoms with van der Waals surface area (Å²) in [5, 5.41) is 15.0. The molecular formula is C28H34N2O5. The number of nitrogens with one attached hydrogen (secondary N) is 2. The first-order chi connectivity index (χ1) is 16.9. The molecule has 2 aromatic carbocycles. The summed E-state index contributed by atoms with van der Waals surface area (Å²) in [7, 11) is 0. The Morgan fingerprint density at radius 2 is 1.63 bits per heavy atom. The van der Waals surface area contributed by atoms with E-state index >= 15 is 0 Å². The lowest BCUT2D eigenvalue weighted by Gasteiger charge is -2.24. The Balaban J connectivity index is 1.35. The van der Waals surface area contributed by atoms with Gasteiger partial charge in [0.15, 0.2) is 0 Å². The fourth-order valence-electron chi connectivity index (χ4n) is 4.85. The summed E-state index contributed by atoms with van der Waals surface area (Å²) in [5.41, 5.74) is 4.59. The highest BCUT2D eigenvalue weighted by molar-refractivity contribution is 5.85. The summed E-state index contributed by atoms with van der Waals surface area (Å²) in [6.45, 7) is 4.03. The standard InChI is InChI=1S/C28H34N2O5/c1-3-17(2)25(27(32)33)30-26(31)19(14-18-12-13-18)15-29-28(34)35-16-24-22-10-6-4-8-20(22)21-9-5-7-11-23(21)24/h4-11,17-19,24-25H,3,12-16H2,1-2H3,(H,29,34)(H,30,31)(H,32,33)/t17?,19?,25-/m0/s1. The van der Waals surface area contributed by atoms with Crippen molar-refractivity contribution in [1.82, 2.24) is 10.6 Å². The zero-order valence-corrected chi connectivity index (χ0v) is 20.3. The Kier molecular flexibility index (Phi) is 7.73. The first-order valence-electron chi connectivity index (χ1n) is 12.5. The highest BCUT2D eigenvalue weighted by Gasteiger charge is 2.33. The smallest absolute Gasteiger partial charge is 0.407 e. The number of amides is 2. The highest BCUT2D eigenvalue weighted by Crippen LogP contribution is 2.44. The lowest BCUT2D eigenvalue weighted by atomic mass is 9.96. The number of fused-ring (bicyclic) bond motifs is 3. The quantitative estimate of drug-likeness (QED) is 0.439. The average molecular weight is 479 g/mol. The Labute approximate surface area is 206 Å². The number of carboxylic acid groups (broad SMARTS) is 1. The molecule has 186 valence electrons. The largest absolute Gasteiger partial charge is 0.480 e. The molecule has 0 aliphatic heterocycles. The third kappa shape index (κ3) is 5.84. The predicted molar refractivity (Wildman–Crippen MR) is 133 cm³/mol. The second-order valence-corrected chi connectivity index (χ2v) is 9.79. The van der Waals surface area contributed by atoms with Crippen LogP contribution in [0, 0.1) is 17.8 Å². The molecule has 0 spiro atoms. The fourth-order valence-corrected chi connectivity index (χ4v) is 4.85. The molecule has 2 amide bonds. The number of aliphatic carboxylic acids is 1. The molecule has 1 fully saturated rings. The molecule has 0 bridgehead atoms. The maximum absolute atomic E-state index is 12.9. The van der Waals surface area contributed by atoms with Crippen LogP contribution >= 0.6 is 0 Å². The first kappa shape index (κ1) is 24.8. The number of alkyl carbamates (subject to hydrolysis) is 1. The van der Waals surface area contributed by atoms with Crippen LogP contribution in [-0.4, -0.2) is 42.3 Å². The second-order valence-electron chi connectivity index (χ2n) is 9.79. The molecule has 2 aromatic rings. The number of hydrogen-bond acceptors (Lipinski definition) is 4. The van der Waals surface area contributed by atoms with Crippen LogP contribution in [0.2, 0.25) is 0 Å². The van der Waals surface area contributed by atoms with Gasteiger partial charge < -0.3 is 20.5 Å². The van der Waals surface area contributed by atoms with Gasteiger partial charge in [0.1, 0.15) is 12.6 Å². The minimum absolute atomic E-state index is 0.0365. The van der Waals surface area contributed by atoms with Crippen molar-refractivity contribution in [1.29, 1.82) is 0 Å². The van der Waals surface area contributed by atoms with Gasteiger partial charge in [-0.1, -0.05) is 81.6 Å². The van der Waals surface area contributed by atoms with Crippen LogP contribution in [0.4, 0.5) is 4.79 Å². The zero-order valence-electron chi connectivity index (χ0n) is 20.3. The monoisotopic (exact) mass is 478 g/mol. The average Bonchev–Trinajstić information content (AvgIpc) is 3.63. The number of rotatable bonds is 11. The molecule has 2 aliphatic carbocycles. The number of carboxylic acids is 1. The predicted octanol–water partition coefficient (Wildman–Crippen LogP) is 4.56. The van der Waals surface area contributed by atoms with Gasteiger partial charge in [-0.2, -0.15) is 0 Å². The molecule has 7 heteroatoms. The maximum Gasteiger partial charge on any atom is 0.407 e. The van der Waals surface area contributed by atoms with Crippen molar-refractivity contribution in [2.75, 3.05) is 13.2 Å². The van der Waals surface area contributed by atoms with Gasteiger partial charge in [0.05, 0.1) is 5.92 Å². The van der Waals surface area contributed by atoms with E-state index in [4.69, 9.17) is 4.74 Å². The number of carbonyl (C=O) groups is 3. The van der Waals surface area contributed by atoms with Gasteiger partial charge in [0, 0.05) is 12.5 Å².